The number of fused-ring (bicyclic) bond motifs is 1. The van der Waals surface area contributed by atoms with E-state index in [1.807, 2.05) is 26.0 Å². The molecule has 0 unspecified atom stereocenters. The maximum Gasteiger partial charge on any atom is 0.243 e. The fourth-order valence-corrected chi connectivity index (χ4v) is 3.06. The first kappa shape index (κ1) is 19.3. The van der Waals surface area contributed by atoms with E-state index >= 15 is 0 Å². The standard InChI is InChI=1S/C20H18Cl2N2O3/c1-11-3-5-15-13(10-27-20(15)12(11)2)7-18(25)23-9-19(26)24-17-8-14(21)4-6-16(17)22/h3-6,8,10H,7,9H2,1-2H3,(H,23,25)(H,24,26). The van der Waals surface area contributed by atoms with Crippen molar-refractivity contribution in [1.29, 1.82) is 0 Å². The molecule has 0 aliphatic carbocycles. The van der Waals surface area contributed by atoms with Gasteiger partial charge in [0.2, 0.25) is 11.8 Å². The van der Waals surface area contributed by atoms with Crippen LogP contribution in [0.2, 0.25) is 10.0 Å². The van der Waals surface area contributed by atoms with Crippen LogP contribution in [0.4, 0.5) is 5.69 Å². The van der Waals surface area contributed by atoms with Gasteiger partial charge in [0.05, 0.1) is 29.9 Å². The van der Waals surface area contributed by atoms with Crippen molar-refractivity contribution in [3.63, 3.8) is 0 Å². The molecule has 2 amide bonds. The molecule has 2 aromatic carbocycles. The van der Waals surface area contributed by atoms with E-state index in [9.17, 15) is 9.59 Å². The van der Waals surface area contributed by atoms with Gasteiger partial charge in [0.15, 0.2) is 0 Å². The maximum absolute atomic E-state index is 12.2. The third-order valence-corrected chi connectivity index (χ3v) is 4.91. The number of rotatable bonds is 5. The lowest BCUT2D eigenvalue weighted by atomic mass is 10.0. The average Bonchev–Trinajstić information content (AvgIpc) is 3.03. The van der Waals surface area contributed by atoms with Crippen LogP contribution in [0.5, 0.6) is 0 Å². The number of carbonyl (C=O) groups excluding carboxylic acids is 2. The summed E-state index contributed by atoms with van der Waals surface area (Å²) in [5, 5.41) is 6.95. The number of carbonyl (C=O) groups is 2. The topological polar surface area (TPSA) is 71.3 Å². The number of aryl methyl sites for hydroxylation is 2. The minimum absolute atomic E-state index is 0.126. The zero-order valence-electron chi connectivity index (χ0n) is 14.9. The number of furan rings is 1. The summed E-state index contributed by atoms with van der Waals surface area (Å²) < 4.78 is 5.60. The molecule has 27 heavy (non-hydrogen) atoms. The summed E-state index contributed by atoms with van der Waals surface area (Å²) in [5.41, 5.74) is 4.14. The van der Waals surface area contributed by atoms with Crippen molar-refractivity contribution >= 4 is 51.7 Å². The van der Waals surface area contributed by atoms with Gasteiger partial charge in [0.25, 0.3) is 0 Å². The highest BCUT2D eigenvalue weighted by molar-refractivity contribution is 6.35. The molecule has 0 radical (unpaired) electrons. The highest BCUT2D eigenvalue weighted by Gasteiger charge is 2.14. The van der Waals surface area contributed by atoms with E-state index in [1.54, 1.807) is 24.5 Å². The molecule has 0 saturated heterocycles. The van der Waals surface area contributed by atoms with Crippen LogP contribution in [-0.2, 0) is 16.0 Å². The molecule has 0 aliphatic rings. The van der Waals surface area contributed by atoms with Crippen LogP contribution in [0.25, 0.3) is 11.0 Å². The van der Waals surface area contributed by atoms with Gasteiger partial charge in [-0.15, -0.1) is 0 Å². The Labute approximate surface area is 166 Å². The first-order valence-corrected chi connectivity index (χ1v) is 9.08. The Bertz CT molecular complexity index is 1030. The Kier molecular flexibility index (Phi) is 5.73. The van der Waals surface area contributed by atoms with Crippen LogP contribution < -0.4 is 10.6 Å². The molecule has 0 atom stereocenters. The van der Waals surface area contributed by atoms with Crippen LogP contribution in [0.3, 0.4) is 0 Å². The van der Waals surface area contributed by atoms with Gasteiger partial charge in [-0.25, -0.2) is 0 Å². The molecule has 1 heterocycles. The van der Waals surface area contributed by atoms with E-state index < -0.39 is 5.91 Å². The second kappa shape index (κ2) is 8.03. The number of benzene rings is 2. The Morgan fingerprint density at radius 1 is 1.07 bits per heavy atom. The fourth-order valence-electron chi connectivity index (χ4n) is 2.73. The molecule has 140 valence electrons. The summed E-state index contributed by atoms with van der Waals surface area (Å²) in [6, 6.07) is 8.70. The van der Waals surface area contributed by atoms with Crippen LogP contribution >= 0.6 is 23.2 Å². The first-order chi connectivity index (χ1) is 12.8. The van der Waals surface area contributed by atoms with E-state index in [0.717, 1.165) is 27.7 Å². The van der Waals surface area contributed by atoms with Gasteiger partial charge in [0.1, 0.15) is 5.58 Å². The molecule has 0 bridgehead atoms. The largest absolute Gasteiger partial charge is 0.464 e. The molecule has 2 N–H and O–H groups in total. The molecular formula is C20H18Cl2N2O3. The predicted molar refractivity (Wildman–Crippen MR) is 107 cm³/mol. The Morgan fingerprint density at radius 2 is 1.85 bits per heavy atom. The average molecular weight is 405 g/mol. The summed E-state index contributed by atoms with van der Waals surface area (Å²) in [4.78, 5) is 24.2. The Hall–Kier alpha value is -2.50. The van der Waals surface area contributed by atoms with Crippen molar-refractivity contribution in [3.8, 4) is 0 Å². The highest BCUT2D eigenvalue weighted by Crippen LogP contribution is 2.27. The van der Waals surface area contributed by atoms with E-state index in [0.29, 0.717) is 15.7 Å². The Morgan fingerprint density at radius 3 is 2.63 bits per heavy atom. The van der Waals surface area contributed by atoms with Crippen molar-refractivity contribution in [2.24, 2.45) is 0 Å². The van der Waals surface area contributed by atoms with Crippen molar-refractivity contribution in [1.82, 2.24) is 5.32 Å². The van der Waals surface area contributed by atoms with Gasteiger partial charge >= 0.3 is 0 Å². The van der Waals surface area contributed by atoms with E-state index in [1.165, 1.54) is 0 Å². The maximum atomic E-state index is 12.2. The minimum atomic E-state index is -0.393. The number of anilines is 1. The second-order valence-electron chi connectivity index (χ2n) is 6.27. The number of nitrogens with one attached hydrogen (secondary N) is 2. The molecule has 0 fully saturated rings. The van der Waals surface area contributed by atoms with Gasteiger partial charge in [-0.2, -0.15) is 0 Å². The smallest absolute Gasteiger partial charge is 0.243 e. The van der Waals surface area contributed by atoms with Gasteiger partial charge < -0.3 is 15.1 Å². The van der Waals surface area contributed by atoms with Crippen LogP contribution in [-0.4, -0.2) is 18.4 Å². The van der Waals surface area contributed by atoms with E-state index in [2.05, 4.69) is 10.6 Å². The number of hydrogen-bond acceptors (Lipinski definition) is 3. The van der Waals surface area contributed by atoms with Crippen molar-refractivity contribution in [3.05, 3.63) is 63.3 Å². The van der Waals surface area contributed by atoms with Crippen molar-refractivity contribution < 1.29 is 14.0 Å². The zero-order valence-corrected chi connectivity index (χ0v) is 16.4. The van der Waals surface area contributed by atoms with Gasteiger partial charge in [0, 0.05) is 16.0 Å². The fraction of sp³-hybridized carbons (Fsp3) is 0.200. The van der Waals surface area contributed by atoms with Crippen LogP contribution in [0, 0.1) is 13.8 Å². The van der Waals surface area contributed by atoms with Gasteiger partial charge in [-0.1, -0.05) is 35.3 Å². The number of amides is 2. The molecule has 7 heteroatoms. The molecule has 3 aromatic rings. The van der Waals surface area contributed by atoms with Crippen molar-refractivity contribution in [2.45, 2.75) is 20.3 Å². The normalized spacial score (nSPS) is 10.8. The molecule has 3 rings (SSSR count). The summed E-state index contributed by atoms with van der Waals surface area (Å²) >= 11 is 11.9. The van der Waals surface area contributed by atoms with E-state index in [-0.39, 0.29) is 18.9 Å². The third kappa shape index (κ3) is 4.43. The lowest BCUT2D eigenvalue weighted by Gasteiger charge is -2.08. The monoisotopic (exact) mass is 404 g/mol. The van der Waals surface area contributed by atoms with Gasteiger partial charge in [-0.05, 0) is 43.2 Å². The van der Waals surface area contributed by atoms with Crippen LogP contribution in [0.1, 0.15) is 16.7 Å². The first-order valence-electron chi connectivity index (χ1n) is 8.33. The van der Waals surface area contributed by atoms with Crippen molar-refractivity contribution in [2.75, 3.05) is 11.9 Å². The van der Waals surface area contributed by atoms with E-state index in [4.69, 9.17) is 27.6 Å². The molecule has 5 nitrogen and oxygen atoms in total. The number of hydrogen-bond donors (Lipinski definition) is 2. The lowest BCUT2D eigenvalue weighted by molar-refractivity contribution is -0.123. The minimum Gasteiger partial charge on any atom is -0.464 e. The molecule has 0 aliphatic heterocycles. The quantitative estimate of drug-likeness (QED) is 0.649. The highest BCUT2D eigenvalue weighted by atomic mass is 35.5. The third-order valence-electron chi connectivity index (χ3n) is 4.34. The number of halogens is 2. The Balaban J connectivity index is 1.59. The predicted octanol–water partition coefficient (Wildman–Crippen LogP) is 4.65. The molecular weight excluding hydrogens is 387 g/mol. The summed E-state index contributed by atoms with van der Waals surface area (Å²) in [7, 11) is 0. The second-order valence-corrected chi connectivity index (χ2v) is 7.11. The van der Waals surface area contributed by atoms with Gasteiger partial charge in [-0.3, -0.25) is 9.59 Å². The molecule has 1 aromatic heterocycles. The lowest BCUT2D eigenvalue weighted by Crippen LogP contribution is -2.33. The SMILES string of the molecule is Cc1ccc2c(CC(=O)NCC(=O)Nc3cc(Cl)ccc3Cl)coc2c1C. The molecule has 0 spiro atoms. The zero-order chi connectivity index (χ0) is 19.6. The summed E-state index contributed by atoms with van der Waals surface area (Å²) in [6.07, 6.45) is 1.71. The van der Waals surface area contributed by atoms with Crippen LogP contribution in [0.15, 0.2) is 41.0 Å². The summed E-state index contributed by atoms with van der Waals surface area (Å²) in [6.45, 7) is 3.82. The summed E-state index contributed by atoms with van der Waals surface area (Å²) in [5.74, 6) is -0.667. The molecule has 0 saturated carbocycles.